The van der Waals surface area contributed by atoms with Gasteiger partial charge in [0.2, 0.25) is 5.91 Å². The number of nitrogens with one attached hydrogen (secondary N) is 1. The summed E-state index contributed by atoms with van der Waals surface area (Å²) in [7, 11) is 0. The smallest absolute Gasteiger partial charge is 0.311 e. The summed E-state index contributed by atoms with van der Waals surface area (Å²) < 4.78 is 18.1. The summed E-state index contributed by atoms with van der Waals surface area (Å²) in [5, 5.41) is 2.45. The second kappa shape index (κ2) is 9.12. The lowest BCUT2D eigenvalue weighted by atomic mass is 10.1. The third kappa shape index (κ3) is 5.39. The van der Waals surface area contributed by atoms with Gasteiger partial charge >= 0.3 is 5.97 Å². The highest BCUT2D eigenvalue weighted by atomic mass is 19.1. The quantitative estimate of drug-likeness (QED) is 0.744. The number of nitrogens with zero attached hydrogens (tertiary/aromatic N) is 1. The minimum Gasteiger partial charge on any atom is -0.455 e. The van der Waals surface area contributed by atoms with Crippen molar-refractivity contribution in [2.75, 3.05) is 25.0 Å². The Hall–Kier alpha value is -3.22. The number of ether oxygens (including phenoxy) is 1. The van der Waals surface area contributed by atoms with Crippen LogP contribution in [0.5, 0.6) is 0 Å². The molecule has 1 N–H and O–H groups in total. The van der Waals surface area contributed by atoms with Crippen LogP contribution in [0, 0.1) is 11.7 Å². The predicted molar refractivity (Wildman–Crippen MR) is 101 cm³/mol. The van der Waals surface area contributed by atoms with E-state index in [4.69, 9.17) is 4.74 Å². The van der Waals surface area contributed by atoms with E-state index in [9.17, 15) is 18.8 Å². The van der Waals surface area contributed by atoms with Gasteiger partial charge in [0.25, 0.3) is 5.91 Å². The molecule has 2 amide bonds. The van der Waals surface area contributed by atoms with Gasteiger partial charge in [0.15, 0.2) is 6.61 Å². The van der Waals surface area contributed by atoms with Crippen molar-refractivity contribution in [3.8, 4) is 0 Å². The van der Waals surface area contributed by atoms with Crippen molar-refractivity contribution < 1.29 is 23.5 Å². The zero-order chi connectivity index (χ0) is 19.9. The first-order valence-corrected chi connectivity index (χ1v) is 9.05. The molecule has 0 unspecified atom stereocenters. The fraction of sp³-hybridized carbons (Fsp3) is 0.286. The topological polar surface area (TPSA) is 75.7 Å². The van der Waals surface area contributed by atoms with Crippen molar-refractivity contribution in [3.63, 3.8) is 0 Å². The molecule has 6 nitrogen and oxygen atoms in total. The summed E-state index contributed by atoms with van der Waals surface area (Å²) in [6.07, 6.45) is 0.795. The molecule has 28 heavy (non-hydrogen) atoms. The fourth-order valence-electron chi connectivity index (χ4n) is 3.07. The molecule has 146 valence electrons. The Bertz CT molecular complexity index is 856. The van der Waals surface area contributed by atoms with Gasteiger partial charge in [-0.15, -0.1) is 0 Å². The number of hydrogen-bond donors (Lipinski definition) is 1. The molecule has 0 saturated carbocycles. The van der Waals surface area contributed by atoms with Gasteiger partial charge in [0.1, 0.15) is 5.82 Å². The van der Waals surface area contributed by atoms with Gasteiger partial charge in [-0.1, -0.05) is 36.4 Å². The summed E-state index contributed by atoms with van der Waals surface area (Å²) in [5.74, 6) is -2.30. The molecule has 3 rings (SSSR count). The average molecular weight is 384 g/mol. The van der Waals surface area contributed by atoms with Crippen LogP contribution in [0.25, 0.3) is 0 Å². The third-order valence-corrected chi connectivity index (χ3v) is 4.51. The largest absolute Gasteiger partial charge is 0.455 e. The molecule has 1 fully saturated rings. The minimum atomic E-state index is -0.579. The molecule has 0 spiro atoms. The maximum absolute atomic E-state index is 13.1. The number of carbonyl (C=O) groups is 3. The Balaban J connectivity index is 1.43. The second-order valence-electron chi connectivity index (χ2n) is 6.64. The van der Waals surface area contributed by atoms with Crippen LogP contribution in [0.15, 0.2) is 54.6 Å². The van der Waals surface area contributed by atoms with Crippen molar-refractivity contribution in [2.45, 2.75) is 12.8 Å². The maximum atomic E-state index is 13.1. The minimum absolute atomic E-state index is 0.0825. The zero-order valence-electron chi connectivity index (χ0n) is 15.3. The van der Waals surface area contributed by atoms with E-state index in [1.54, 1.807) is 4.90 Å². The maximum Gasteiger partial charge on any atom is 0.311 e. The number of benzene rings is 2. The zero-order valence-corrected chi connectivity index (χ0v) is 15.3. The van der Waals surface area contributed by atoms with E-state index in [2.05, 4.69) is 5.32 Å². The summed E-state index contributed by atoms with van der Waals surface area (Å²) >= 11 is 0. The van der Waals surface area contributed by atoms with Crippen LogP contribution in [0.2, 0.25) is 0 Å². The van der Waals surface area contributed by atoms with E-state index in [-0.39, 0.29) is 24.6 Å². The predicted octanol–water partition coefficient (Wildman–Crippen LogP) is 2.40. The normalized spacial score (nSPS) is 16.1. The molecule has 1 atom stereocenters. The van der Waals surface area contributed by atoms with E-state index < -0.39 is 30.2 Å². The number of anilines is 1. The average Bonchev–Trinajstić information content (AvgIpc) is 3.06. The van der Waals surface area contributed by atoms with E-state index in [1.807, 2.05) is 30.3 Å². The molecule has 1 aliphatic heterocycles. The number of rotatable bonds is 7. The molecule has 2 aromatic rings. The van der Waals surface area contributed by atoms with Gasteiger partial charge in [-0.05, 0) is 30.2 Å². The molecule has 1 saturated heterocycles. The van der Waals surface area contributed by atoms with Gasteiger partial charge < -0.3 is 15.0 Å². The number of carbonyl (C=O) groups excluding carboxylic acids is 3. The molecule has 0 aliphatic carbocycles. The number of likely N-dealkylation sites (tertiary alicyclic amines) is 1. The molecule has 0 aromatic heterocycles. The van der Waals surface area contributed by atoms with Crippen LogP contribution in [0.3, 0.4) is 0 Å². The third-order valence-electron chi connectivity index (χ3n) is 4.51. The van der Waals surface area contributed by atoms with Crippen LogP contribution in [-0.2, 0) is 25.5 Å². The molecular formula is C21H21FN2O4. The fourth-order valence-corrected chi connectivity index (χ4v) is 3.07. The summed E-state index contributed by atoms with van der Waals surface area (Å²) in [6, 6.07) is 15.2. The van der Waals surface area contributed by atoms with Crippen LogP contribution < -0.4 is 5.32 Å². The molecule has 0 bridgehead atoms. The summed E-state index contributed by atoms with van der Waals surface area (Å²) in [6.45, 7) is 0.340. The van der Waals surface area contributed by atoms with Gasteiger partial charge in [0, 0.05) is 25.2 Å². The number of esters is 1. The van der Waals surface area contributed by atoms with Crippen molar-refractivity contribution >= 4 is 23.5 Å². The number of amides is 2. The summed E-state index contributed by atoms with van der Waals surface area (Å²) in [4.78, 5) is 37.8. The van der Waals surface area contributed by atoms with E-state index >= 15 is 0 Å². The van der Waals surface area contributed by atoms with Crippen LogP contribution in [-0.4, -0.2) is 42.4 Å². The van der Waals surface area contributed by atoms with Gasteiger partial charge in [-0.2, -0.15) is 0 Å². The first-order chi connectivity index (χ1) is 13.5. The highest BCUT2D eigenvalue weighted by molar-refractivity contribution is 5.93. The lowest BCUT2D eigenvalue weighted by Gasteiger charge is -2.16. The first kappa shape index (κ1) is 19.5. The van der Waals surface area contributed by atoms with E-state index in [0.717, 1.165) is 5.56 Å². The first-order valence-electron chi connectivity index (χ1n) is 9.05. The molecule has 0 radical (unpaired) electrons. The lowest BCUT2D eigenvalue weighted by molar-refractivity contribution is -0.151. The van der Waals surface area contributed by atoms with Crippen molar-refractivity contribution in [1.82, 2.24) is 4.90 Å². The Morgan fingerprint density at radius 3 is 2.68 bits per heavy atom. The van der Waals surface area contributed by atoms with Crippen molar-refractivity contribution in [3.05, 3.63) is 66.0 Å². The molecular weight excluding hydrogens is 363 g/mol. The molecule has 7 heteroatoms. The second-order valence-corrected chi connectivity index (χ2v) is 6.64. The highest BCUT2D eigenvalue weighted by Crippen LogP contribution is 2.20. The standard InChI is InChI=1S/C21H21FN2O4/c22-17-7-4-8-18(12-17)23-19(25)14-28-21(27)16-11-20(26)24(13-16)10-9-15-5-2-1-3-6-15/h1-8,12,16H,9-11,13-14H2,(H,23,25)/t16-/m0/s1. The Morgan fingerprint density at radius 1 is 1.14 bits per heavy atom. The van der Waals surface area contributed by atoms with E-state index in [1.165, 1.54) is 24.3 Å². The van der Waals surface area contributed by atoms with E-state index in [0.29, 0.717) is 13.0 Å². The van der Waals surface area contributed by atoms with Crippen molar-refractivity contribution in [1.29, 1.82) is 0 Å². The van der Waals surface area contributed by atoms with Crippen LogP contribution in [0.1, 0.15) is 12.0 Å². The SMILES string of the molecule is O=C(COC(=O)[C@H]1CC(=O)N(CCc2ccccc2)C1)Nc1cccc(F)c1. The Morgan fingerprint density at radius 2 is 1.93 bits per heavy atom. The van der Waals surface area contributed by atoms with Gasteiger partial charge in [-0.3, -0.25) is 14.4 Å². The Labute approximate surface area is 162 Å². The van der Waals surface area contributed by atoms with Gasteiger partial charge in [-0.25, -0.2) is 4.39 Å². The monoisotopic (exact) mass is 384 g/mol. The highest BCUT2D eigenvalue weighted by Gasteiger charge is 2.35. The van der Waals surface area contributed by atoms with Gasteiger partial charge in [0.05, 0.1) is 5.92 Å². The molecule has 1 aliphatic rings. The molecule has 2 aromatic carbocycles. The Kier molecular flexibility index (Phi) is 6.37. The van der Waals surface area contributed by atoms with Crippen molar-refractivity contribution in [2.24, 2.45) is 5.92 Å². The number of halogens is 1. The summed E-state index contributed by atoms with van der Waals surface area (Å²) in [5.41, 5.74) is 1.40. The molecule has 1 heterocycles. The van der Waals surface area contributed by atoms with Crippen LogP contribution >= 0.6 is 0 Å². The lowest BCUT2D eigenvalue weighted by Crippen LogP contribution is -2.29. The number of hydrogen-bond acceptors (Lipinski definition) is 4. The van der Waals surface area contributed by atoms with Crippen LogP contribution in [0.4, 0.5) is 10.1 Å².